The van der Waals surface area contributed by atoms with E-state index in [1.54, 1.807) is 11.8 Å². The molecule has 1 atom stereocenters. The SMILES string of the molecule is CC[n+]1c(/C=C2/C=C3C=C(/C=C4\Sc5cc6c(cc5N4CCC(=O)[O-])OCO6)CCC3CC2)oc2ccc3ccccc3c21. The van der Waals surface area contributed by atoms with Gasteiger partial charge in [0.15, 0.2) is 11.5 Å². The van der Waals surface area contributed by atoms with Crippen molar-refractivity contribution in [3.05, 3.63) is 94.4 Å². The van der Waals surface area contributed by atoms with Crippen molar-refractivity contribution >= 4 is 51.4 Å². The highest BCUT2D eigenvalue weighted by Crippen LogP contribution is 2.52. The first-order valence-electron chi connectivity index (χ1n) is 15.3. The molecule has 0 saturated heterocycles. The van der Waals surface area contributed by atoms with E-state index in [0.717, 1.165) is 70.6 Å². The van der Waals surface area contributed by atoms with Crippen LogP contribution in [0.15, 0.2) is 97.8 Å². The van der Waals surface area contributed by atoms with Crippen LogP contribution >= 0.6 is 11.8 Å². The molecule has 8 heteroatoms. The number of nitrogens with zero attached hydrogens (tertiary/aromatic N) is 2. The lowest BCUT2D eigenvalue weighted by Gasteiger charge is -2.28. The van der Waals surface area contributed by atoms with Crippen LogP contribution in [0.3, 0.4) is 0 Å². The summed E-state index contributed by atoms with van der Waals surface area (Å²) in [5, 5.41) is 14.8. The van der Waals surface area contributed by atoms with E-state index in [1.807, 2.05) is 12.1 Å². The average Bonchev–Trinajstić information content (AvgIpc) is 3.73. The van der Waals surface area contributed by atoms with Gasteiger partial charge in [-0.25, -0.2) is 0 Å². The monoisotopic (exact) mass is 604 g/mol. The smallest absolute Gasteiger partial charge is 0.374 e. The maximum absolute atomic E-state index is 11.4. The molecular weight excluding hydrogens is 572 g/mol. The first-order chi connectivity index (χ1) is 21.5. The van der Waals surface area contributed by atoms with Crippen molar-refractivity contribution in [2.45, 2.75) is 50.5 Å². The van der Waals surface area contributed by atoms with Crippen LogP contribution in [0.2, 0.25) is 0 Å². The van der Waals surface area contributed by atoms with Crippen LogP contribution in [0.25, 0.3) is 27.9 Å². The van der Waals surface area contributed by atoms with Gasteiger partial charge in [-0.05, 0) is 78.8 Å². The molecule has 0 spiro atoms. The van der Waals surface area contributed by atoms with Crippen molar-refractivity contribution in [2.75, 3.05) is 18.2 Å². The molecule has 44 heavy (non-hydrogen) atoms. The standard InChI is InChI=1S/C36H32N2O5S/c1-2-37-33(43-29-12-11-25-5-3-4-6-27(25)36(29)37)17-22-7-9-24-10-8-23(16-26(24)15-22)18-34-38(14-13-35(39)40)28-19-30-31(42-21-41-30)20-32(28)44-34/h3-6,11-12,15-20,24H,2,7-10,13-14,21H2,1H3. The summed E-state index contributed by atoms with van der Waals surface area (Å²) >= 11 is 1.65. The summed E-state index contributed by atoms with van der Waals surface area (Å²) in [4.78, 5) is 14.5. The number of benzene rings is 3. The molecule has 0 amide bonds. The summed E-state index contributed by atoms with van der Waals surface area (Å²) in [5.41, 5.74) is 6.89. The molecule has 222 valence electrons. The summed E-state index contributed by atoms with van der Waals surface area (Å²) in [6.45, 7) is 3.53. The third-order valence-corrected chi connectivity index (χ3v) is 10.1. The number of aromatic nitrogens is 1. The van der Waals surface area contributed by atoms with Gasteiger partial charge in [-0.1, -0.05) is 48.2 Å². The van der Waals surface area contributed by atoms with Gasteiger partial charge in [0.25, 0.3) is 5.52 Å². The molecule has 8 rings (SSSR count). The molecule has 4 aliphatic rings. The summed E-state index contributed by atoms with van der Waals surface area (Å²) in [5.74, 6) is 1.79. The number of fused-ring (bicyclic) bond motifs is 6. The Labute approximate surface area is 259 Å². The van der Waals surface area contributed by atoms with Gasteiger partial charge in [-0.2, -0.15) is 4.57 Å². The van der Waals surface area contributed by atoms with Gasteiger partial charge in [-0.3, -0.25) is 0 Å². The average molecular weight is 605 g/mol. The second-order valence-corrected chi connectivity index (χ2v) is 12.8. The highest BCUT2D eigenvalue weighted by Gasteiger charge is 2.31. The number of thioether (sulfide) groups is 1. The van der Waals surface area contributed by atoms with Crippen molar-refractivity contribution in [1.82, 2.24) is 0 Å². The predicted octanol–water partition coefficient (Wildman–Crippen LogP) is 6.66. The number of rotatable bonds is 6. The number of aliphatic carboxylic acids is 1. The lowest BCUT2D eigenvalue weighted by Crippen LogP contribution is -2.34. The predicted molar refractivity (Wildman–Crippen MR) is 169 cm³/mol. The van der Waals surface area contributed by atoms with Crippen molar-refractivity contribution in [3.8, 4) is 11.5 Å². The van der Waals surface area contributed by atoms with Crippen molar-refractivity contribution in [3.63, 3.8) is 0 Å². The molecule has 1 aromatic heterocycles. The number of anilines is 1. The van der Waals surface area contributed by atoms with Crippen LogP contribution in [-0.4, -0.2) is 19.3 Å². The van der Waals surface area contributed by atoms with E-state index in [2.05, 4.69) is 77.1 Å². The molecule has 0 radical (unpaired) electrons. The quantitative estimate of drug-likeness (QED) is 0.228. The second-order valence-electron chi connectivity index (χ2n) is 11.7. The zero-order chi connectivity index (χ0) is 29.8. The minimum Gasteiger partial charge on any atom is -0.550 e. The van der Waals surface area contributed by atoms with Gasteiger partial charge in [-0.15, -0.1) is 0 Å². The number of carboxylic acids is 1. The Morgan fingerprint density at radius 1 is 1.07 bits per heavy atom. The molecule has 0 saturated carbocycles. The molecular formula is C36H32N2O5S. The molecule has 1 unspecified atom stereocenters. The molecule has 3 aromatic carbocycles. The largest absolute Gasteiger partial charge is 0.550 e. The van der Waals surface area contributed by atoms with E-state index >= 15 is 0 Å². The first kappa shape index (κ1) is 27.1. The molecule has 2 aliphatic heterocycles. The zero-order valence-electron chi connectivity index (χ0n) is 24.5. The molecule has 7 nitrogen and oxygen atoms in total. The highest BCUT2D eigenvalue weighted by atomic mass is 32.2. The van der Waals surface area contributed by atoms with Crippen LogP contribution in [0.5, 0.6) is 11.5 Å². The van der Waals surface area contributed by atoms with Gasteiger partial charge in [0.1, 0.15) is 6.54 Å². The van der Waals surface area contributed by atoms with Crippen LogP contribution in [0, 0.1) is 5.92 Å². The minimum atomic E-state index is -1.06. The molecule has 3 heterocycles. The van der Waals surface area contributed by atoms with Gasteiger partial charge in [0.05, 0.1) is 22.2 Å². The summed E-state index contributed by atoms with van der Waals surface area (Å²) in [6.07, 6.45) is 13.3. The van der Waals surface area contributed by atoms with Crippen molar-refractivity contribution in [2.24, 2.45) is 5.92 Å². The summed E-state index contributed by atoms with van der Waals surface area (Å²) < 4.78 is 19.9. The van der Waals surface area contributed by atoms with Gasteiger partial charge in [0, 0.05) is 36.0 Å². The number of carbonyl (C=O) groups excluding carboxylic acids is 1. The number of carboxylic acid groups (broad SMARTS) is 1. The van der Waals surface area contributed by atoms with E-state index in [9.17, 15) is 9.90 Å². The van der Waals surface area contributed by atoms with E-state index in [4.69, 9.17) is 13.9 Å². The molecule has 0 fully saturated rings. The highest BCUT2D eigenvalue weighted by molar-refractivity contribution is 8.03. The molecule has 0 bridgehead atoms. The fourth-order valence-electron chi connectivity index (χ4n) is 6.88. The topological polar surface area (TPSA) is 78.9 Å². The number of hydrogen-bond donors (Lipinski definition) is 0. The van der Waals surface area contributed by atoms with E-state index in [0.29, 0.717) is 18.2 Å². The van der Waals surface area contributed by atoms with E-state index in [-0.39, 0.29) is 13.2 Å². The first-order valence-corrected chi connectivity index (χ1v) is 16.1. The van der Waals surface area contributed by atoms with Gasteiger partial charge in [0.2, 0.25) is 12.4 Å². The molecule has 4 aromatic rings. The number of hydrogen-bond acceptors (Lipinski definition) is 7. The van der Waals surface area contributed by atoms with Gasteiger partial charge >= 0.3 is 5.89 Å². The van der Waals surface area contributed by atoms with Crippen LogP contribution in [0.1, 0.15) is 44.9 Å². The van der Waals surface area contributed by atoms with Crippen molar-refractivity contribution in [1.29, 1.82) is 0 Å². The van der Waals surface area contributed by atoms with E-state index < -0.39 is 5.97 Å². The number of carbonyl (C=O) groups is 1. The molecule has 2 aliphatic carbocycles. The normalized spacial score (nSPS) is 20.8. The zero-order valence-corrected chi connectivity index (χ0v) is 25.3. The third-order valence-electron chi connectivity index (χ3n) is 9.05. The lowest BCUT2D eigenvalue weighted by atomic mass is 9.77. The Kier molecular flexibility index (Phi) is 6.74. The Balaban J connectivity index is 1.12. The fraction of sp³-hybridized carbons (Fsp3) is 0.278. The maximum Gasteiger partial charge on any atom is 0.374 e. The number of ether oxygens (including phenoxy) is 2. The fourth-order valence-corrected chi connectivity index (χ4v) is 8.06. The van der Waals surface area contributed by atoms with Gasteiger partial charge < -0.3 is 28.7 Å². The minimum absolute atomic E-state index is 0.0540. The Hall–Kier alpha value is -4.43. The van der Waals surface area contributed by atoms with E-state index in [1.165, 1.54) is 27.5 Å². The van der Waals surface area contributed by atoms with Crippen molar-refractivity contribution < 1.29 is 28.4 Å². The Bertz CT molecular complexity index is 1970. The van der Waals surface area contributed by atoms with Crippen LogP contribution in [-0.2, 0) is 11.3 Å². The second kappa shape index (κ2) is 10.9. The van der Waals surface area contributed by atoms with Crippen LogP contribution < -0.4 is 24.0 Å². The number of aryl methyl sites for hydroxylation is 1. The summed E-state index contributed by atoms with van der Waals surface area (Å²) in [7, 11) is 0. The number of oxazole rings is 1. The molecule has 0 N–H and O–H groups in total. The number of allylic oxidation sites excluding steroid dienone is 6. The Morgan fingerprint density at radius 2 is 1.91 bits per heavy atom. The Morgan fingerprint density at radius 3 is 2.77 bits per heavy atom. The summed E-state index contributed by atoms with van der Waals surface area (Å²) in [6, 6.07) is 16.6. The maximum atomic E-state index is 11.4. The third kappa shape index (κ3) is 4.78. The lowest BCUT2D eigenvalue weighted by molar-refractivity contribution is -0.673. The van der Waals surface area contributed by atoms with Crippen LogP contribution in [0.4, 0.5) is 5.69 Å².